The molecule has 92 valence electrons. The molecule has 0 bridgehead atoms. The lowest BCUT2D eigenvalue weighted by Gasteiger charge is -2.03. The van der Waals surface area contributed by atoms with Gasteiger partial charge >= 0.3 is 0 Å². The third-order valence-corrected chi connectivity index (χ3v) is 5.23. The van der Waals surface area contributed by atoms with E-state index in [4.69, 9.17) is 4.74 Å². The van der Waals surface area contributed by atoms with E-state index in [9.17, 15) is 9.90 Å². The molecule has 0 spiro atoms. The monoisotopic (exact) mass is 361 g/mol. The normalized spacial score (nSPS) is 25.4. The number of carbonyl (C=O) groups excluding carboxylic acids is 1. The van der Waals surface area contributed by atoms with E-state index in [-0.39, 0.29) is 21.5 Å². The minimum atomic E-state index is -1.02. The van der Waals surface area contributed by atoms with Crippen LogP contribution in [-0.2, 0) is 4.79 Å². The molecule has 1 aromatic rings. The Morgan fingerprint density at radius 1 is 1.41 bits per heavy atom. The summed E-state index contributed by atoms with van der Waals surface area (Å²) in [5.41, 5.74) is 1.09. The largest absolute Gasteiger partial charge is 0.550 e. The second-order valence-corrected chi connectivity index (χ2v) is 7.80. The number of ether oxygens (including phenoxy) is 1. The van der Waals surface area contributed by atoms with Crippen LogP contribution in [0, 0.1) is 5.92 Å². The molecule has 0 heterocycles. The number of alkyl halides is 2. The molecule has 17 heavy (non-hydrogen) atoms. The van der Waals surface area contributed by atoms with Gasteiger partial charge in [0.05, 0.1) is 10.3 Å². The van der Waals surface area contributed by atoms with E-state index in [2.05, 4.69) is 31.9 Å². The fourth-order valence-electron chi connectivity index (χ4n) is 2.09. The highest BCUT2D eigenvalue weighted by atomic mass is 79.9. The average Bonchev–Trinajstić information content (AvgIpc) is 2.80. The predicted molar refractivity (Wildman–Crippen MR) is 69.4 cm³/mol. The quantitative estimate of drug-likeness (QED) is 0.770. The lowest BCUT2D eigenvalue weighted by Crippen LogP contribution is -2.23. The molecule has 0 saturated heterocycles. The number of hydrogen-bond acceptors (Lipinski definition) is 3. The topological polar surface area (TPSA) is 49.4 Å². The van der Waals surface area contributed by atoms with Crippen LogP contribution < -0.4 is 9.84 Å². The molecule has 1 aliphatic carbocycles. The van der Waals surface area contributed by atoms with E-state index in [1.54, 1.807) is 7.11 Å². The molecule has 5 heteroatoms. The number of hydrogen-bond donors (Lipinski definition) is 0. The number of aliphatic carboxylic acids is 1. The molecule has 0 amide bonds. The fraction of sp³-hybridized carbons (Fsp3) is 0.417. The molecule has 0 aromatic heterocycles. The first kappa shape index (κ1) is 12.9. The highest BCUT2D eigenvalue weighted by molar-refractivity contribution is 9.25. The van der Waals surface area contributed by atoms with Gasteiger partial charge < -0.3 is 14.6 Å². The first-order valence-corrected chi connectivity index (χ1v) is 6.77. The van der Waals surface area contributed by atoms with E-state index in [1.165, 1.54) is 0 Å². The summed E-state index contributed by atoms with van der Waals surface area (Å²) in [4.78, 5) is 10.6. The molecule has 0 radical (unpaired) electrons. The molecular formula is C12H11Br2O3-. The van der Waals surface area contributed by atoms with Crippen LogP contribution in [0.3, 0.4) is 0 Å². The van der Waals surface area contributed by atoms with Gasteiger partial charge in [-0.1, -0.05) is 44.0 Å². The summed E-state index contributed by atoms with van der Waals surface area (Å²) >= 11 is 7.03. The first-order valence-electron chi connectivity index (χ1n) is 5.18. The lowest BCUT2D eigenvalue weighted by atomic mass is 10.1. The molecule has 2 rings (SSSR count). The van der Waals surface area contributed by atoms with Crippen molar-refractivity contribution in [1.82, 2.24) is 0 Å². The first-order chi connectivity index (χ1) is 7.96. The molecule has 0 aliphatic heterocycles. The highest BCUT2D eigenvalue weighted by Crippen LogP contribution is 2.68. The number of carbonyl (C=O) groups is 1. The Labute approximate surface area is 116 Å². The summed E-state index contributed by atoms with van der Waals surface area (Å²) in [7, 11) is 1.62. The second kappa shape index (κ2) is 4.61. The predicted octanol–water partition coefficient (Wildman–Crippen LogP) is 2.03. The molecule has 3 nitrogen and oxygen atoms in total. The Kier molecular flexibility index (Phi) is 3.50. The molecule has 2 unspecified atom stereocenters. The summed E-state index contributed by atoms with van der Waals surface area (Å²) in [5.74, 6) is -0.0675. The molecule has 1 aliphatic rings. The maximum Gasteiger partial charge on any atom is 0.118 e. The van der Waals surface area contributed by atoms with Gasteiger partial charge in [-0.3, -0.25) is 0 Å². The highest BCUT2D eigenvalue weighted by Gasteiger charge is 2.61. The minimum absolute atomic E-state index is 0.0147. The Balaban J connectivity index is 2.15. The van der Waals surface area contributed by atoms with Gasteiger partial charge in [0.1, 0.15) is 5.75 Å². The minimum Gasteiger partial charge on any atom is -0.550 e. The van der Waals surface area contributed by atoms with Crippen LogP contribution in [0.15, 0.2) is 24.3 Å². The van der Waals surface area contributed by atoms with Crippen molar-refractivity contribution in [3.63, 3.8) is 0 Å². The summed E-state index contributed by atoms with van der Waals surface area (Å²) < 4.78 is 4.76. The number of carboxylic acids is 1. The zero-order valence-electron chi connectivity index (χ0n) is 9.15. The summed E-state index contributed by atoms with van der Waals surface area (Å²) in [6.07, 6.45) is 0.0488. The Hall–Kier alpha value is -0.550. The standard InChI is InChI=1S/C12H12Br2O3/c1-17-8-4-2-7(3-5-8)11-9(6-10(15)16)12(11,13)14/h2-5,9,11H,6H2,1H3,(H,15,16)/p-1. The molecule has 1 fully saturated rings. The zero-order chi connectivity index (χ0) is 12.6. The van der Waals surface area contributed by atoms with Crippen molar-refractivity contribution in [2.75, 3.05) is 7.11 Å². The van der Waals surface area contributed by atoms with Crippen molar-refractivity contribution < 1.29 is 14.6 Å². The number of benzene rings is 1. The maximum absolute atomic E-state index is 10.6. The number of halogens is 2. The number of carboxylic acid groups (broad SMARTS) is 1. The summed E-state index contributed by atoms with van der Waals surface area (Å²) in [6, 6.07) is 7.66. The SMILES string of the molecule is COc1ccc(C2C(CC(=O)[O-])C2(Br)Br)cc1. The Morgan fingerprint density at radius 3 is 2.47 bits per heavy atom. The van der Waals surface area contributed by atoms with E-state index in [0.29, 0.717) is 0 Å². The van der Waals surface area contributed by atoms with Crippen LogP contribution in [-0.4, -0.2) is 16.3 Å². The van der Waals surface area contributed by atoms with Crippen LogP contribution in [0.4, 0.5) is 0 Å². The van der Waals surface area contributed by atoms with Gasteiger partial charge in [0.2, 0.25) is 0 Å². The smallest absolute Gasteiger partial charge is 0.118 e. The molecule has 1 aromatic carbocycles. The van der Waals surface area contributed by atoms with Crippen molar-refractivity contribution in [1.29, 1.82) is 0 Å². The summed E-state index contributed by atoms with van der Waals surface area (Å²) in [5, 5.41) is 10.6. The zero-order valence-corrected chi connectivity index (χ0v) is 12.3. The van der Waals surface area contributed by atoms with Gasteiger partial charge in [-0.25, -0.2) is 0 Å². The Bertz CT molecular complexity index is 428. The van der Waals surface area contributed by atoms with E-state index in [1.807, 2.05) is 24.3 Å². The third kappa shape index (κ3) is 2.50. The van der Waals surface area contributed by atoms with Crippen LogP contribution >= 0.6 is 31.9 Å². The summed E-state index contributed by atoms with van der Waals surface area (Å²) in [6.45, 7) is 0. The van der Waals surface area contributed by atoms with Gasteiger partial charge in [0.15, 0.2) is 0 Å². The van der Waals surface area contributed by atoms with Gasteiger partial charge in [-0.15, -0.1) is 0 Å². The van der Waals surface area contributed by atoms with Crippen molar-refractivity contribution in [3.8, 4) is 5.75 Å². The molecule has 0 N–H and O–H groups in total. The number of methoxy groups -OCH3 is 1. The molecule has 1 saturated carbocycles. The van der Waals surface area contributed by atoms with E-state index in [0.717, 1.165) is 11.3 Å². The number of rotatable bonds is 4. The second-order valence-electron chi connectivity index (χ2n) is 4.11. The van der Waals surface area contributed by atoms with Gasteiger partial charge in [-0.05, 0) is 30.0 Å². The van der Waals surface area contributed by atoms with Crippen LogP contribution in [0.1, 0.15) is 17.9 Å². The molecular weight excluding hydrogens is 352 g/mol. The Morgan fingerprint density at radius 2 is 2.00 bits per heavy atom. The van der Waals surface area contributed by atoms with E-state index >= 15 is 0 Å². The molecule has 2 atom stereocenters. The average molecular weight is 363 g/mol. The fourth-order valence-corrected chi connectivity index (χ4v) is 3.84. The lowest BCUT2D eigenvalue weighted by molar-refractivity contribution is -0.306. The van der Waals surface area contributed by atoms with Gasteiger partial charge in [0, 0.05) is 11.9 Å². The van der Waals surface area contributed by atoms with Crippen molar-refractivity contribution in [2.45, 2.75) is 15.6 Å². The maximum atomic E-state index is 10.6. The van der Waals surface area contributed by atoms with Crippen molar-refractivity contribution >= 4 is 37.8 Å². The third-order valence-electron chi connectivity index (χ3n) is 3.06. The van der Waals surface area contributed by atoms with Crippen LogP contribution in [0.2, 0.25) is 0 Å². The van der Waals surface area contributed by atoms with Crippen LogP contribution in [0.5, 0.6) is 5.75 Å². The van der Waals surface area contributed by atoms with Gasteiger partial charge in [-0.2, -0.15) is 0 Å². The van der Waals surface area contributed by atoms with Crippen molar-refractivity contribution in [3.05, 3.63) is 29.8 Å². The van der Waals surface area contributed by atoms with Crippen LogP contribution in [0.25, 0.3) is 0 Å². The van der Waals surface area contributed by atoms with Gasteiger partial charge in [0.25, 0.3) is 0 Å². The van der Waals surface area contributed by atoms with E-state index < -0.39 is 5.97 Å². The van der Waals surface area contributed by atoms with Crippen molar-refractivity contribution in [2.24, 2.45) is 5.92 Å².